The monoisotopic (exact) mass is 378 g/mol. The van der Waals surface area contributed by atoms with Crippen molar-refractivity contribution in [1.82, 2.24) is 4.72 Å². The molecule has 0 saturated heterocycles. The van der Waals surface area contributed by atoms with Gasteiger partial charge in [0.05, 0.1) is 4.90 Å². The Labute approximate surface area is 153 Å². The highest BCUT2D eigenvalue weighted by Crippen LogP contribution is 2.17. The standard InChI is InChI=1S/C19H23FN2O3S/c1-12(2)18(19(23)21-15-8-7-14(4)17(20)11-15)22-26(24,25)16-9-5-13(3)6-10-16/h5-12,18,22H,1-4H3,(H,21,23)/t18-/m0/s1. The van der Waals surface area contributed by atoms with Crippen molar-refractivity contribution in [1.29, 1.82) is 0 Å². The summed E-state index contributed by atoms with van der Waals surface area (Å²) in [5, 5.41) is 2.57. The summed E-state index contributed by atoms with van der Waals surface area (Å²) in [5.41, 5.74) is 1.67. The summed E-state index contributed by atoms with van der Waals surface area (Å²) in [6.07, 6.45) is 0. The molecule has 0 aliphatic carbocycles. The second-order valence-corrected chi connectivity index (χ2v) is 8.32. The first-order valence-corrected chi connectivity index (χ1v) is 9.74. The van der Waals surface area contributed by atoms with Crippen molar-refractivity contribution in [2.45, 2.75) is 38.6 Å². The van der Waals surface area contributed by atoms with E-state index in [1.807, 2.05) is 6.92 Å². The van der Waals surface area contributed by atoms with E-state index in [1.165, 1.54) is 18.2 Å². The smallest absolute Gasteiger partial charge is 0.242 e. The van der Waals surface area contributed by atoms with Gasteiger partial charge in [-0.2, -0.15) is 4.72 Å². The number of benzene rings is 2. The van der Waals surface area contributed by atoms with Crippen molar-refractivity contribution >= 4 is 21.6 Å². The van der Waals surface area contributed by atoms with Gasteiger partial charge in [0.15, 0.2) is 0 Å². The number of hydrogen-bond acceptors (Lipinski definition) is 3. The van der Waals surface area contributed by atoms with E-state index in [9.17, 15) is 17.6 Å². The Bertz CT molecular complexity index is 894. The predicted octanol–water partition coefficient (Wildman–Crippen LogP) is 3.38. The van der Waals surface area contributed by atoms with Crippen molar-refractivity contribution in [3.8, 4) is 0 Å². The van der Waals surface area contributed by atoms with Crippen molar-refractivity contribution in [3.05, 3.63) is 59.4 Å². The molecule has 1 amide bonds. The lowest BCUT2D eigenvalue weighted by Gasteiger charge is -2.22. The minimum absolute atomic E-state index is 0.0860. The predicted molar refractivity (Wildman–Crippen MR) is 99.9 cm³/mol. The fraction of sp³-hybridized carbons (Fsp3) is 0.316. The summed E-state index contributed by atoms with van der Waals surface area (Å²) in [6, 6.07) is 9.69. The van der Waals surface area contributed by atoms with Crippen molar-refractivity contribution < 1.29 is 17.6 Å². The van der Waals surface area contributed by atoms with Gasteiger partial charge < -0.3 is 5.32 Å². The van der Waals surface area contributed by atoms with Crippen molar-refractivity contribution in [2.75, 3.05) is 5.32 Å². The van der Waals surface area contributed by atoms with E-state index in [2.05, 4.69) is 10.0 Å². The third-order valence-corrected chi connectivity index (χ3v) is 5.46. The second-order valence-electron chi connectivity index (χ2n) is 6.61. The first kappa shape index (κ1) is 20.1. The molecule has 2 N–H and O–H groups in total. The normalized spacial score (nSPS) is 12.8. The maximum atomic E-state index is 13.7. The van der Waals surface area contributed by atoms with Gasteiger partial charge in [0.1, 0.15) is 11.9 Å². The lowest BCUT2D eigenvalue weighted by Crippen LogP contribution is -2.47. The first-order valence-electron chi connectivity index (χ1n) is 8.26. The molecular weight excluding hydrogens is 355 g/mol. The molecule has 0 saturated carbocycles. The van der Waals surface area contributed by atoms with Crippen molar-refractivity contribution in [3.63, 3.8) is 0 Å². The summed E-state index contributed by atoms with van der Waals surface area (Å²) < 4.78 is 41.2. The quantitative estimate of drug-likeness (QED) is 0.809. The zero-order chi connectivity index (χ0) is 19.5. The lowest BCUT2D eigenvalue weighted by atomic mass is 10.0. The van der Waals surface area contributed by atoms with Crippen LogP contribution in [0.1, 0.15) is 25.0 Å². The fourth-order valence-corrected chi connectivity index (χ4v) is 3.68. The number of carbonyl (C=O) groups is 1. The summed E-state index contributed by atoms with van der Waals surface area (Å²) in [6.45, 7) is 6.94. The average Bonchev–Trinajstić information content (AvgIpc) is 2.56. The molecule has 26 heavy (non-hydrogen) atoms. The molecule has 0 spiro atoms. The van der Waals surface area contributed by atoms with Crippen LogP contribution in [0.25, 0.3) is 0 Å². The Kier molecular flexibility index (Phi) is 6.15. The largest absolute Gasteiger partial charge is 0.325 e. The van der Waals surface area contributed by atoms with E-state index >= 15 is 0 Å². The highest BCUT2D eigenvalue weighted by atomic mass is 32.2. The second kappa shape index (κ2) is 7.97. The molecule has 0 heterocycles. The number of carbonyl (C=O) groups excluding carboxylic acids is 1. The van der Waals surface area contributed by atoms with Gasteiger partial charge in [0, 0.05) is 5.69 Å². The molecule has 0 unspecified atom stereocenters. The zero-order valence-corrected chi connectivity index (χ0v) is 16.0. The van der Waals surface area contributed by atoms with Crippen LogP contribution < -0.4 is 10.0 Å². The van der Waals surface area contributed by atoms with E-state index < -0.39 is 27.8 Å². The summed E-state index contributed by atoms with van der Waals surface area (Å²) in [5.74, 6) is -1.28. The Morgan fingerprint density at radius 2 is 1.65 bits per heavy atom. The minimum atomic E-state index is -3.86. The van der Waals surface area contributed by atoms with Crippen LogP contribution in [-0.2, 0) is 14.8 Å². The molecule has 1 atom stereocenters. The number of rotatable bonds is 6. The van der Waals surface area contributed by atoms with E-state index in [0.29, 0.717) is 5.56 Å². The van der Waals surface area contributed by atoms with Gasteiger partial charge in [0.2, 0.25) is 15.9 Å². The van der Waals surface area contributed by atoms with E-state index in [0.717, 1.165) is 5.56 Å². The van der Waals surface area contributed by atoms with E-state index in [-0.39, 0.29) is 16.5 Å². The highest BCUT2D eigenvalue weighted by Gasteiger charge is 2.28. The van der Waals surface area contributed by atoms with Crippen LogP contribution in [0.2, 0.25) is 0 Å². The summed E-state index contributed by atoms with van der Waals surface area (Å²) in [7, 11) is -3.86. The van der Waals surface area contributed by atoms with Gasteiger partial charge in [-0.3, -0.25) is 4.79 Å². The van der Waals surface area contributed by atoms with Crippen LogP contribution in [0.5, 0.6) is 0 Å². The molecule has 0 radical (unpaired) electrons. The third kappa shape index (κ3) is 4.89. The fourth-order valence-electron chi connectivity index (χ4n) is 2.34. The van der Waals surface area contributed by atoms with Crippen LogP contribution in [0.15, 0.2) is 47.4 Å². The number of aryl methyl sites for hydroxylation is 2. The summed E-state index contributed by atoms with van der Waals surface area (Å²) >= 11 is 0. The molecule has 2 aromatic rings. The number of anilines is 1. The van der Waals surface area contributed by atoms with Crippen LogP contribution in [0.4, 0.5) is 10.1 Å². The van der Waals surface area contributed by atoms with E-state index in [1.54, 1.807) is 45.0 Å². The first-order chi connectivity index (χ1) is 12.1. The zero-order valence-electron chi connectivity index (χ0n) is 15.2. The SMILES string of the molecule is Cc1ccc(S(=O)(=O)N[C@H](C(=O)Nc2ccc(C)c(F)c2)C(C)C)cc1. The van der Waals surface area contributed by atoms with Gasteiger partial charge in [0.25, 0.3) is 0 Å². The van der Waals surface area contributed by atoms with Gasteiger partial charge in [-0.25, -0.2) is 12.8 Å². The van der Waals surface area contributed by atoms with Crippen LogP contribution in [0, 0.1) is 25.6 Å². The molecule has 5 nitrogen and oxygen atoms in total. The van der Waals surface area contributed by atoms with Gasteiger partial charge in [-0.15, -0.1) is 0 Å². The maximum Gasteiger partial charge on any atom is 0.242 e. The third-order valence-electron chi connectivity index (χ3n) is 4.00. The Hall–Kier alpha value is -2.25. The highest BCUT2D eigenvalue weighted by molar-refractivity contribution is 7.89. The average molecular weight is 378 g/mol. The number of sulfonamides is 1. The molecular formula is C19H23FN2O3S. The Balaban J connectivity index is 2.20. The molecule has 0 aromatic heterocycles. The molecule has 0 bridgehead atoms. The topological polar surface area (TPSA) is 75.3 Å². The molecule has 0 aliphatic rings. The lowest BCUT2D eigenvalue weighted by molar-refractivity contribution is -0.118. The Morgan fingerprint density at radius 1 is 1.04 bits per heavy atom. The summed E-state index contributed by atoms with van der Waals surface area (Å²) in [4.78, 5) is 12.6. The number of hydrogen-bond donors (Lipinski definition) is 2. The minimum Gasteiger partial charge on any atom is -0.325 e. The maximum absolute atomic E-state index is 13.7. The van der Waals surface area contributed by atoms with Gasteiger partial charge in [-0.1, -0.05) is 37.6 Å². The molecule has 140 valence electrons. The van der Waals surface area contributed by atoms with Crippen molar-refractivity contribution in [2.24, 2.45) is 5.92 Å². The van der Waals surface area contributed by atoms with Gasteiger partial charge in [-0.05, 0) is 49.6 Å². The van der Waals surface area contributed by atoms with E-state index in [4.69, 9.17) is 0 Å². The number of amides is 1. The molecule has 2 rings (SSSR count). The number of halogens is 1. The van der Waals surface area contributed by atoms with Crippen LogP contribution in [0.3, 0.4) is 0 Å². The van der Waals surface area contributed by atoms with Crippen LogP contribution in [-0.4, -0.2) is 20.4 Å². The molecule has 7 heteroatoms. The number of nitrogens with one attached hydrogen (secondary N) is 2. The van der Waals surface area contributed by atoms with Gasteiger partial charge >= 0.3 is 0 Å². The molecule has 0 aliphatic heterocycles. The van der Waals surface area contributed by atoms with Crippen LogP contribution >= 0.6 is 0 Å². The Morgan fingerprint density at radius 3 is 2.19 bits per heavy atom. The molecule has 0 fully saturated rings. The molecule has 2 aromatic carbocycles.